The van der Waals surface area contributed by atoms with Crippen LogP contribution in [-0.4, -0.2) is 13.1 Å². The highest BCUT2D eigenvalue weighted by Gasteiger charge is 2.26. The average molecular weight is 272 g/mol. The van der Waals surface area contributed by atoms with E-state index in [1.165, 1.54) is 21.0 Å². The standard InChI is InChI=1S/C16H20N2S/c1-2-13-7-8-16(19-13)15(11-17)18-10-9-12-5-3-4-6-14(12)18/h3-8,15H,2,9-11,17H2,1H3. The lowest BCUT2D eigenvalue weighted by atomic mass is 10.1. The van der Waals surface area contributed by atoms with E-state index in [0.717, 1.165) is 19.4 Å². The van der Waals surface area contributed by atoms with Crippen molar-refractivity contribution in [3.8, 4) is 0 Å². The smallest absolute Gasteiger partial charge is 0.0757 e. The summed E-state index contributed by atoms with van der Waals surface area (Å²) in [6.45, 7) is 3.97. The molecule has 1 aliphatic rings. The minimum absolute atomic E-state index is 0.328. The number of fused-ring (bicyclic) bond motifs is 1. The van der Waals surface area contributed by atoms with Crippen molar-refractivity contribution in [3.63, 3.8) is 0 Å². The molecule has 2 N–H and O–H groups in total. The summed E-state index contributed by atoms with van der Waals surface area (Å²) in [4.78, 5) is 5.32. The first kappa shape index (κ1) is 12.7. The summed E-state index contributed by atoms with van der Waals surface area (Å²) in [5.41, 5.74) is 8.87. The van der Waals surface area contributed by atoms with Gasteiger partial charge < -0.3 is 10.6 Å². The SMILES string of the molecule is CCc1ccc(C(CN)N2CCc3ccccc32)s1. The predicted molar refractivity (Wildman–Crippen MR) is 83.0 cm³/mol. The molecule has 19 heavy (non-hydrogen) atoms. The fourth-order valence-electron chi connectivity index (χ4n) is 2.85. The predicted octanol–water partition coefficient (Wildman–Crippen LogP) is 3.37. The zero-order chi connectivity index (χ0) is 13.2. The number of aryl methyl sites for hydroxylation is 1. The van der Waals surface area contributed by atoms with Gasteiger partial charge in [0.1, 0.15) is 0 Å². The summed E-state index contributed by atoms with van der Waals surface area (Å²) in [5.74, 6) is 0. The molecule has 0 radical (unpaired) electrons. The Hall–Kier alpha value is -1.32. The van der Waals surface area contributed by atoms with E-state index in [2.05, 4.69) is 48.2 Å². The van der Waals surface area contributed by atoms with Crippen LogP contribution in [0.3, 0.4) is 0 Å². The van der Waals surface area contributed by atoms with Crippen molar-refractivity contribution < 1.29 is 0 Å². The van der Waals surface area contributed by atoms with Gasteiger partial charge in [-0.25, -0.2) is 0 Å². The number of hydrogen-bond acceptors (Lipinski definition) is 3. The van der Waals surface area contributed by atoms with Crippen LogP contribution in [0.4, 0.5) is 5.69 Å². The lowest BCUT2D eigenvalue weighted by molar-refractivity contribution is 0.659. The minimum atomic E-state index is 0.328. The maximum absolute atomic E-state index is 6.06. The van der Waals surface area contributed by atoms with Crippen molar-refractivity contribution in [2.45, 2.75) is 25.8 Å². The highest BCUT2D eigenvalue weighted by Crippen LogP contribution is 2.36. The number of anilines is 1. The molecule has 0 spiro atoms. The maximum Gasteiger partial charge on any atom is 0.0757 e. The molecule has 0 saturated heterocycles. The third-order valence-electron chi connectivity index (χ3n) is 3.88. The van der Waals surface area contributed by atoms with Gasteiger partial charge in [-0.05, 0) is 36.6 Å². The Kier molecular flexibility index (Phi) is 3.58. The van der Waals surface area contributed by atoms with Crippen LogP contribution in [-0.2, 0) is 12.8 Å². The molecule has 1 aromatic heterocycles. The molecule has 3 rings (SSSR count). The highest BCUT2D eigenvalue weighted by atomic mass is 32.1. The third-order valence-corrected chi connectivity index (χ3v) is 5.21. The van der Waals surface area contributed by atoms with Crippen molar-refractivity contribution in [2.24, 2.45) is 5.73 Å². The number of para-hydroxylation sites is 1. The molecule has 0 saturated carbocycles. The first-order valence-corrected chi connectivity index (χ1v) is 7.78. The van der Waals surface area contributed by atoms with E-state index < -0.39 is 0 Å². The van der Waals surface area contributed by atoms with Crippen LogP contribution in [0.1, 0.15) is 28.3 Å². The Labute approximate surface area is 118 Å². The molecule has 100 valence electrons. The van der Waals surface area contributed by atoms with Gasteiger partial charge in [0.05, 0.1) is 6.04 Å². The Morgan fingerprint density at radius 2 is 2.11 bits per heavy atom. The highest BCUT2D eigenvalue weighted by molar-refractivity contribution is 7.12. The second-order valence-electron chi connectivity index (χ2n) is 4.98. The number of hydrogen-bond donors (Lipinski definition) is 1. The van der Waals surface area contributed by atoms with Crippen LogP contribution in [0, 0.1) is 0 Å². The molecular formula is C16H20N2S. The molecule has 2 aromatic rings. The fraction of sp³-hybridized carbons (Fsp3) is 0.375. The molecule has 3 heteroatoms. The van der Waals surface area contributed by atoms with Gasteiger partial charge in [0.15, 0.2) is 0 Å². The van der Waals surface area contributed by atoms with Crippen molar-refractivity contribution in [3.05, 3.63) is 51.7 Å². The fourth-order valence-corrected chi connectivity index (χ4v) is 3.93. The summed E-state index contributed by atoms with van der Waals surface area (Å²) >= 11 is 1.91. The number of thiophene rings is 1. The van der Waals surface area contributed by atoms with E-state index in [4.69, 9.17) is 5.73 Å². The van der Waals surface area contributed by atoms with Gasteiger partial charge >= 0.3 is 0 Å². The third kappa shape index (κ3) is 2.28. The van der Waals surface area contributed by atoms with E-state index in [1.54, 1.807) is 0 Å². The quantitative estimate of drug-likeness (QED) is 0.924. The van der Waals surface area contributed by atoms with Gasteiger partial charge in [0, 0.05) is 28.5 Å². The van der Waals surface area contributed by atoms with E-state index in [-0.39, 0.29) is 0 Å². The Balaban J connectivity index is 1.91. The van der Waals surface area contributed by atoms with Gasteiger partial charge in [-0.3, -0.25) is 0 Å². The molecule has 1 aliphatic heterocycles. The van der Waals surface area contributed by atoms with Crippen LogP contribution in [0.5, 0.6) is 0 Å². The maximum atomic E-state index is 6.06. The molecule has 1 aromatic carbocycles. The molecular weight excluding hydrogens is 252 g/mol. The molecule has 0 amide bonds. The Bertz CT molecular complexity index is 561. The molecule has 2 heterocycles. The van der Waals surface area contributed by atoms with Crippen LogP contribution in [0.2, 0.25) is 0 Å². The molecule has 0 aliphatic carbocycles. The molecule has 1 unspecified atom stereocenters. The van der Waals surface area contributed by atoms with Crippen molar-refractivity contribution in [2.75, 3.05) is 18.0 Å². The van der Waals surface area contributed by atoms with Gasteiger partial charge in [-0.1, -0.05) is 25.1 Å². The minimum Gasteiger partial charge on any atom is -0.362 e. The summed E-state index contributed by atoms with van der Waals surface area (Å²) in [7, 11) is 0. The lowest BCUT2D eigenvalue weighted by Crippen LogP contribution is -2.31. The average Bonchev–Trinajstić information content (AvgIpc) is 3.07. The second kappa shape index (κ2) is 5.35. The number of benzene rings is 1. The van der Waals surface area contributed by atoms with E-state index >= 15 is 0 Å². The molecule has 0 fully saturated rings. The number of nitrogens with zero attached hydrogens (tertiary/aromatic N) is 1. The summed E-state index contributed by atoms with van der Waals surface area (Å²) in [6.07, 6.45) is 2.25. The second-order valence-corrected chi connectivity index (χ2v) is 6.18. The summed E-state index contributed by atoms with van der Waals surface area (Å²) in [5, 5.41) is 0. The van der Waals surface area contributed by atoms with E-state index in [0.29, 0.717) is 12.6 Å². The van der Waals surface area contributed by atoms with Crippen LogP contribution < -0.4 is 10.6 Å². The largest absolute Gasteiger partial charge is 0.362 e. The van der Waals surface area contributed by atoms with Crippen molar-refractivity contribution in [1.82, 2.24) is 0 Å². The van der Waals surface area contributed by atoms with Crippen molar-refractivity contribution >= 4 is 17.0 Å². The van der Waals surface area contributed by atoms with Gasteiger partial charge in [0.25, 0.3) is 0 Å². The summed E-state index contributed by atoms with van der Waals surface area (Å²) < 4.78 is 0. The van der Waals surface area contributed by atoms with E-state index in [1.807, 2.05) is 11.3 Å². The van der Waals surface area contributed by atoms with Crippen LogP contribution >= 0.6 is 11.3 Å². The zero-order valence-electron chi connectivity index (χ0n) is 11.3. The van der Waals surface area contributed by atoms with Crippen LogP contribution in [0.15, 0.2) is 36.4 Å². The lowest BCUT2D eigenvalue weighted by Gasteiger charge is -2.28. The normalized spacial score (nSPS) is 15.6. The molecule has 2 nitrogen and oxygen atoms in total. The van der Waals surface area contributed by atoms with Crippen LogP contribution in [0.25, 0.3) is 0 Å². The first-order chi connectivity index (χ1) is 9.33. The van der Waals surface area contributed by atoms with Gasteiger partial charge in [-0.15, -0.1) is 11.3 Å². The van der Waals surface area contributed by atoms with E-state index in [9.17, 15) is 0 Å². The first-order valence-electron chi connectivity index (χ1n) is 6.96. The van der Waals surface area contributed by atoms with Crippen molar-refractivity contribution in [1.29, 1.82) is 0 Å². The zero-order valence-corrected chi connectivity index (χ0v) is 12.1. The number of rotatable bonds is 4. The Morgan fingerprint density at radius 1 is 1.26 bits per heavy atom. The molecule has 1 atom stereocenters. The topological polar surface area (TPSA) is 29.3 Å². The van der Waals surface area contributed by atoms with Gasteiger partial charge in [-0.2, -0.15) is 0 Å². The molecule has 0 bridgehead atoms. The summed E-state index contributed by atoms with van der Waals surface area (Å²) in [6, 6.07) is 13.5. The van der Waals surface area contributed by atoms with Gasteiger partial charge in [0.2, 0.25) is 0 Å². The Morgan fingerprint density at radius 3 is 2.84 bits per heavy atom. The number of nitrogens with two attached hydrogens (primary N) is 1. The monoisotopic (exact) mass is 272 g/mol.